The van der Waals surface area contributed by atoms with Crippen molar-refractivity contribution >= 4 is 19.8 Å². The molecule has 0 aliphatic heterocycles. The van der Waals surface area contributed by atoms with Crippen LogP contribution < -0.4 is 5.73 Å². The molecule has 0 heterocycles. The van der Waals surface area contributed by atoms with E-state index in [1.165, 1.54) is 19.3 Å². The van der Waals surface area contributed by atoms with Gasteiger partial charge in [-0.15, -0.1) is 0 Å². The number of allylic oxidation sites excluding steroid dienone is 14. The maximum atomic E-state index is 12.5. The summed E-state index contributed by atoms with van der Waals surface area (Å²) < 4.78 is 32.6. The lowest BCUT2D eigenvalue weighted by Crippen LogP contribution is -2.29. The van der Waals surface area contributed by atoms with E-state index in [2.05, 4.69) is 55.5 Å². The Balaban J connectivity index is 4.44. The van der Waals surface area contributed by atoms with Gasteiger partial charge < -0.3 is 25.2 Å². The van der Waals surface area contributed by atoms with Gasteiger partial charge in [0.25, 0.3) is 0 Å². The molecule has 4 N–H and O–H groups in total. The van der Waals surface area contributed by atoms with Crippen molar-refractivity contribution < 1.29 is 42.7 Å². The van der Waals surface area contributed by atoms with Crippen molar-refractivity contribution in [3.05, 3.63) is 97.2 Å². The topological polar surface area (TPSA) is 155 Å². The number of hydrogen-bond donors (Lipinski definition) is 3. The van der Waals surface area contributed by atoms with Crippen molar-refractivity contribution in [2.75, 3.05) is 26.4 Å². The van der Waals surface area contributed by atoms with E-state index in [1.54, 1.807) is 0 Å². The second-order valence-electron chi connectivity index (χ2n) is 12.6. The molecule has 0 amide bonds. The SMILES string of the molecule is CC/C=C\C(O)C/C=C/C=C\C/C=C\C/C=C\CCCC(=O)O[C@H](COC(=O)CCCC/C=C\C/C=C\C/C=C\CCCCC)COP(=O)(O)OCCN. The summed E-state index contributed by atoms with van der Waals surface area (Å²) in [7, 11) is -4.41. The first-order valence-electron chi connectivity index (χ1n) is 19.8. The highest BCUT2D eigenvalue weighted by molar-refractivity contribution is 7.47. The third-order valence-corrected chi connectivity index (χ3v) is 8.51. The molecule has 0 bridgehead atoms. The predicted molar refractivity (Wildman–Crippen MR) is 221 cm³/mol. The van der Waals surface area contributed by atoms with Gasteiger partial charge in [-0.05, 0) is 83.5 Å². The zero-order valence-electron chi connectivity index (χ0n) is 33.0. The Labute approximate surface area is 326 Å². The molecule has 3 atom stereocenters. The van der Waals surface area contributed by atoms with Crippen LogP contribution in [0, 0.1) is 0 Å². The normalized spacial score (nSPS) is 15.0. The Hall–Kier alpha value is -3.11. The average molecular weight is 776 g/mol. The number of aliphatic hydroxyl groups excluding tert-OH is 1. The van der Waals surface area contributed by atoms with Crippen LogP contribution in [-0.2, 0) is 32.7 Å². The minimum atomic E-state index is -4.41. The van der Waals surface area contributed by atoms with Gasteiger partial charge in [0.1, 0.15) is 6.61 Å². The predicted octanol–water partition coefficient (Wildman–Crippen LogP) is 10.0. The van der Waals surface area contributed by atoms with Crippen LogP contribution in [0.15, 0.2) is 97.2 Å². The van der Waals surface area contributed by atoms with E-state index in [9.17, 15) is 24.2 Å². The minimum absolute atomic E-state index is 0.0264. The van der Waals surface area contributed by atoms with E-state index < -0.39 is 38.6 Å². The monoisotopic (exact) mass is 775 g/mol. The van der Waals surface area contributed by atoms with Gasteiger partial charge >= 0.3 is 19.8 Å². The highest BCUT2D eigenvalue weighted by Crippen LogP contribution is 2.43. The molecule has 0 rings (SSSR count). The Bertz CT molecular complexity index is 1220. The number of ether oxygens (including phenoxy) is 2. The van der Waals surface area contributed by atoms with Gasteiger partial charge in [0.15, 0.2) is 6.10 Å². The summed E-state index contributed by atoms with van der Waals surface area (Å²) in [4.78, 5) is 34.7. The highest BCUT2D eigenvalue weighted by atomic mass is 31.2. The quantitative estimate of drug-likeness (QED) is 0.0186. The van der Waals surface area contributed by atoms with Crippen LogP contribution in [0.1, 0.15) is 123 Å². The van der Waals surface area contributed by atoms with Crippen molar-refractivity contribution in [2.24, 2.45) is 5.73 Å². The molecule has 0 saturated carbocycles. The summed E-state index contributed by atoms with van der Waals surface area (Å²) in [6, 6.07) is 0. The Morgan fingerprint density at radius 2 is 1.22 bits per heavy atom. The second kappa shape index (κ2) is 38.2. The molecule has 10 nitrogen and oxygen atoms in total. The molecule has 54 heavy (non-hydrogen) atoms. The van der Waals surface area contributed by atoms with Crippen LogP contribution in [0.4, 0.5) is 0 Å². The fraction of sp³-hybridized carbons (Fsp3) is 0.581. The molecule has 0 aromatic rings. The Kier molecular flexibility index (Phi) is 36.0. The lowest BCUT2D eigenvalue weighted by molar-refractivity contribution is -0.161. The maximum Gasteiger partial charge on any atom is 0.472 e. The van der Waals surface area contributed by atoms with Gasteiger partial charge in [-0.1, -0.05) is 124 Å². The molecule has 0 fully saturated rings. The summed E-state index contributed by atoms with van der Waals surface area (Å²) in [5.74, 6) is -0.979. The van der Waals surface area contributed by atoms with Crippen molar-refractivity contribution in [1.82, 2.24) is 0 Å². The first-order valence-corrected chi connectivity index (χ1v) is 21.3. The van der Waals surface area contributed by atoms with Crippen LogP contribution in [0.25, 0.3) is 0 Å². The smallest absolute Gasteiger partial charge is 0.462 e. The number of aliphatic hydroxyl groups is 1. The highest BCUT2D eigenvalue weighted by Gasteiger charge is 2.25. The lowest BCUT2D eigenvalue weighted by atomic mass is 10.1. The molecular formula is C43H70NO9P. The number of carbonyl (C=O) groups is 2. The molecule has 0 saturated heterocycles. The average Bonchev–Trinajstić information content (AvgIpc) is 3.15. The van der Waals surface area contributed by atoms with Crippen molar-refractivity contribution in [2.45, 2.75) is 135 Å². The van der Waals surface area contributed by atoms with Gasteiger partial charge in [0.2, 0.25) is 0 Å². The first-order chi connectivity index (χ1) is 26.2. The van der Waals surface area contributed by atoms with E-state index in [0.717, 1.165) is 51.4 Å². The minimum Gasteiger partial charge on any atom is -0.462 e. The number of esters is 2. The van der Waals surface area contributed by atoms with E-state index in [1.807, 2.05) is 55.5 Å². The third-order valence-electron chi connectivity index (χ3n) is 7.53. The lowest BCUT2D eigenvalue weighted by Gasteiger charge is -2.19. The summed E-state index contributed by atoms with van der Waals surface area (Å²) in [6.07, 6.45) is 45.0. The largest absolute Gasteiger partial charge is 0.472 e. The van der Waals surface area contributed by atoms with E-state index >= 15 is 0 Å². The summed E-state index contributed by atoms with van der Waals surface area (Å²) in [5, 5.41) is 9.75. The van der Waals surface area contributed by atoms with Gasteiger partial charge in [-0.2, -0.15) is 0 Å². The fourth-order valence-corrected chi connectivity index (χ4v) is 5.34. The number of hydrogen-bond acceptors (Lipinski definition) is 9. The molecule has 0 aliphatic rings. The van der Waals surface area contributed by atoms with E-state index in [-0.39, 0.29) is 32.6 Å². The standard InChI is InChI=1S/C43H70NO9P/c1-3-5-7-8-9-10-11-12-13-14-18-21-24-27-30-34-42(46)50-38-41(39-52-54(48,49)51-37-36-44)53-43(47)35-31-28-25-22-19-16-15-17-20-23-26-29-33-40(45)32-6-4-2/h6,9-10,12-13,15-16,18,20-23,25-26,29,32,40-41,45H,3-5,7-8,11,14,17,19,24,27-28,30-31,33-39,44H2,1-2H3,(H,48,49)/b10-9-,13-12-,16-15-,21-18-,23-20-,25-22-,29-26+,32-6-/t40?,41-/m1/s1. The van der Waals surface area contributed by atoms with Crippen molar-refractivity contribution in [3.63, 3.8) is 0 Å². The van der Waals surface area contributed by atoms with Crippen LogP contribution >= 0.6 is 7.82 Å². The van der Waals surface area contributed by atoms with Gasteiger partial charge in [-0.25, -0.2) is 4.57 Å². The Morgan fingerprint density at radius 3 is 1.83 bits per heavy atom. The molecule has 306 valence electrons. The third kappa shape index (κ3) is 37.2. The van der Waals surface area contributed by atoms with E-state index in [0.29, 0.717) is 25.7 Å². The van der Waals surface area contributed by atoms with Gasteiger partial charge in [0.05, 0.1) is 19.3 Å². The fourth-order valence-electron chi connectivity index (χ4n) is 4.58. The molecule has 0 aliphatic carbocycles. The zero-order chi connectivity index (χ0) is 39.8. The second-order valence-corrected chi connectivity index (χ2v) is 14.1. The molecule has 0 spiro atoms. The van der Waals surface area contributed by atoms with E-state index in [4.69, 9.17) is 24.3 Å². The van der Waals surface area contributed by atoms with Crippen LogP contribution in [-0.4, -0.2) is 60.5 Å². The molecule has 11 heteroatoms. The summed E-state index contributed by atoms with van der Waals surface area (Å²) >= 11 is 0. The molecule has 0 aromatic carbocycles. The number of phosphoric ester groups is 1. The summed E-state index contributed by atoms with van der Waals surface area (Å²) in [5.41, 5.74) is 5.33. The van der Waals surface area contributed by atoms with Gasteiger partial charge in [-0.3, -0.25) is 18.6 Å². The number of phosphoric acid groups is 1. The number of unbranched alkanes of at least 4 members (excludes halogenated alkanes) is 6. The van der Waals surface area contributed by atoms with Gasteiger partial charge in [0, 0.05) is 19.4 Å². The van der Waals surface area contributed by atoms with Crippen LogP contribution in [0.3, 0.4) is 0 Å². The molecular weight excluding hydrogens is 705 g/mol. The van der Waals surface area contributed by atoms with Crippen molar-refractivity contribution in [1.29, 1.82) is 0 Å². The van der Waals surface area contributed by atoms with Crippen molar-refractivity contribution in [3.8, 4) is 0 Å². The number of nitrogens with two attached hydrogens (primary N) is 1. The molecule has 0 aromatic heterocycles. The number of rotatable bonds is 35. The zero-order valence-corrected chi connectivity index (χ0v) is 33.9. The molecule has 0 radical (unpaired) electrons. The van der Waals surface area contributed by atoms with Crippen LogP contribution in [0.2, 0.25) is 0 Å². The van der Waals surface area contributed by atoms with Crippen LogP contribution in [0.5, 0.6) is 0 Å². The molecule has 2 unspecified atom stereocenters. The summed E-state index contributed by atoms with van der Waals surface area (Å²) in [6.45, 7) is 3.30. The Morgan fingerprint density at radius 1 is 0.667 bits per heavy atom. The number of carbonyl (C=O) groups excluding carboxylic acids is 2. The first kappa shape index (κ1) is 50.9. The maximum absolute atomic E-state index is 12.5.